The number of carbonyl (C=O) groups is 4. The number of benzene rings is 1. The van der Waals surface area contributed by atoms with E-state index in [0.29, 0.717) is 13.0 Å². The molecule has 7 heteroatoms. The lowest BCUT2D eigenvalue weighted by Crippen LogP contribution is -2.44. The maximum absolute atomic E-state index is 12.6. The van der Waals surface area contributed by atoms with Crippen molar-refractivity contribution >= 4 is 23.6 Å². The van der Waals surface area contributed by atoms with Gasteiger partial charge in [0.2, 0.25) is 5.78 Å². The lowest BCUT2D eigenvalue weighted by Gasteiger charge is -2.21. The molecule has 0 aliphatic carbocycles. The van der Waals surface area contributed by atoms with Gasteiger partial charge in [0.15, 0.2) is 5.78 Å². The van der Waals surface area contributed by atoms with Crippen molar-refractivity contribution in [1.29, 1.82) is 0 Å². The van der Waals surface area contributed by atoms with Crippen molar-refractivity contribution in [2.45, 2.75) is 44.8 Å². The molecule has 0 bridgehead atoms. The SMILES string of the molecule is C#CCC(NC(=O)OCc1ccccc1)C(=O)CC1CCCCNC(=O)C1=O. The minimum absolute atomic E-state index is 0.0215. The first-order chi connectivity index (χ1) is 13.5. The number of ether oxygens (including phenoxy) is 1. The van der Waals surface area contributed by atoms with Crippen LogP contribution in [0.2, 0.25) is 0 Å². The molecule has 2 unspecified atom stereocenters. The van der Waals surface area contributed by atoms with E-state index in [2.05, 4.69) is 16.6 Å². The van der Waals surface area contributed by atoms with Crippen LogP contribution in [0.1, 0.15) is 37.7 Å². The molecule has 1 fully saturated rings. The number of nitrogens with one attached hydrogen (secondary N) is 2. The fraction of sp³-hybridized carbons (Fsp3) is 0.429. The van der Waals surface area contributed by atoms with Crippen LogP contribution in [0.3, 0.4) is 0 Å². The number of ketones is 2. The summed E-state index contributed by atoms with van der Waals surface area (Å²) in [5, 5.41) is 5.00. The van der Waals surface area contributed by atoms with Gasteiger partial charge in [-0.1, -0.05) is 36.8 Å². The molecular weight excluding hydrogens is 360 g/mol. The van der Waals surface area contributed by atoms with Crippen LogP contribution in [0.15, 0.2) is 30.3 Å². The first-order valence-electron chi connectivity index (χ1n) is 9.26. The summed E-state index contributed by atoms with van der Waals surface area (Å²) >= 11 is 0. The Kier molecular flexibility index (Phi) is 8.22. The lowest BCUT2D eigenvalue weighted by atomic mass is 9.88. The Balaban J connectivity index is 1.92. The van der Waals surface area contributed by atoms with Crippen LogP contribution in [0.5, 0.6) is 0 Å². The maximum Gasteiger partial charge on any atom is 0.408 e. The molecule has 28 heavy (non-hydrogen) atoms. The van der Waals surface area contributed by atoms with Crippen molar-refractivity contribution in [2.24, 2.45) is 5.92 Å². The van der Waals surface area contributed by atoms with Crippen LogP contribution in [0.4, 0.5) is 4.79 Å². The second-order valence-corrected chi connectivity index (χ2v) is 6.65. The number of terminal acetylenes is 1. The minimum Gasteiger partial charge on any atom is -0.445 e. The molecule has 2 amide bonds. The van der Waals surface area contributed by atoms with Gasteiger partial charge >= 0.3 is 6.09 Å². The van der Waals surface area contributed by atoms with Crippen LogP contribution in [-0.4, -0.2) is 36.2 Å². The minimum atomic E-state index is -0.963. The Morgan fingerprint density at radius 2 is 2.00 bits per heavy atom. The van der Waals surface area contributed by atoms with E-state index in [1.807, 2.05) is 30.3 Å². The van der Waals surface area contributed by atoms with Gasteiger partial charge in [0.25, 0.3) is 5.91 Å². The summed E-state index contributed by atoms with van der Waals surface area (Å²) < 4.78 is 5.12. The first-order valence-corrected chi connectivity index (χ1v) is 9.26. The number of hydrogen-bond donors (Lipinski definition) is 2. The van der Waals surface area contributed by atoms with Gasteiger partial charge in [-0.3, -0.25) is 14.4 Å². The summed E-state index contributed by atoms with van der Waals surface area (Å²) in [7, 11) is 0. The zero-order chi connectivity index (χ0) is 20.4. The largest absolute Gasteiger partial charge is 0.445 e. The average molecular weight is 384 g/mol. The molecule has 148 valence electrons. The number of amides is 2. The zero-order valence-electron chi connectivity index (χ0n) is 15.6. The standard InChI is InChI=1S/C21H24N2O5/c1-2-8-17(23-21(27)28-14-15-9-4-3-5-10-15)18(24)13-16-11-6-7-12-22-20(26)19(16)25/h1,3-5,9-10,16-17H,6-8,11-14H2,(H,22,26)(H,23,27). The lowest BCUT2D eigenvalue weighted by molar-refractivity contribution is -0.141. The number of rotatable bonds is 7. The van der Waals surface area contributed by atoms with Crippen LogP contribution >= 0.6 is 0 Å². The molecule has 1 saturated heterocycles. The molecule has 0 radical (unpaired) electrons. The Morgan fingerprint density at radius 3 is 2.71 bits per heavy atom. The van der Waals surface area contributed by atoms with E-state index >= 15 is 0 Å². The highest BCUT2D eigenvalue weighted by Gasteiger charge is 2.31. The van der Waals surface area contributed by atoms with Crippen molar-refractivity contribution in [3.63, 3.8) is 0 Å². The normalized spacial score (nSPS) is 18.0. The number of alkyl carbamates (subject to hydrolysis) is 1. The summed E-state index contributed by atoms with van der Waals surface area (Å²) in [6.07, 6.45) is 6.32. The maximum atomic E-state index is 12.6. The van der Waals surface area contributed by atoms with Gasteiger partial charge < -0.3 is 15.4 Å². The summed E-state index contributed by atoms with van der Waals surface area (Å²) in [6, 6.07) is 8.15. The summed E-state index contributed by atoms with van der Waals surface area (Å²) in [6.45, 7) is 0.519. The van der Waals surface area contributed by atoms with E-state index in [9.17, 15) is 19.2 Å². The number of carbonyl (C=O) groups excluding carboxylic acids is 4. The predicted octanol–water partition coefficient (Wildman–Crippen LogP) is 1.75. The van der Waals surface area contributed by atoms with Crippen LogP contribution in [0, 0.1) is 18.3 Å². The van der Waals surface area contributed by atoms with Crippen LogP contribution < -0.4 is 10.6 Å². The van der Waals surface area contributed by atoms with Gasteiger partial charge in [0.05, 0.1) is 0 Å². The van der Waals surface area contributed by atoms with E-state index in [1.165, 1.54) is 0 Å². The average Bonchev–Trinajstić information content (AvgIpc) is 2.69. The van der Waals surface area contributed by atoms with E-state index in [0.717, 1.165) is 18.4 Å². The Labute approximate surface area is 164 Å². The van der Waals surface area contributed by atoms with Crippen LogP contribution in [-0.2, 0) is 25.7 Å². The Bertz CT molecular complexity index is 754. The quantitative estimate of drug-likeness (QED) is 0.551. The van der Waals surface area contributed by atoms with Gasteiger partial charge in [0.1, 0.15) is 12.6 Å². The molecule has 0 spiro atoms. The van der Waals surface area contributed by atoms with Gasteiger partial charge in [-0.15, -0.1) is 12.3 Å². The van der Waals surface area contributed by atoms with E-state index in [-0.39, 0.29) is 25.2 Å². The van der Waals surface area contributed by atoms with E-state index in [4.69, 9.17) is 11.2 Å². The smallest absolute Gasteiger partial charge is 0.408 e. The molecule has 7 nitrogen and oxygen atoms in total. The molecule has 0 saturated carbocycles. The van der Waals surface area contributed by atoms with Crippen molar-refractivity contribution < 1.29 is 23.9 Å². The van der Waals surface area contributed by atoms with Crippen LogP contribution in [0.25, 0.3) is 0 Å². The molecule has 2 N–H and O–H groups in total. The monoisotopic (exact) mass is 384 g/mol. The van der Waals surface area contributed by atoms with Gasteiger partial charge in [0, 0.05) is 25.3 Å². The topological polar surface area (TPSA) is 102 Å². The molecule has 1 aromatic carbocycles. The van der Waals surface area contributed by atoms with E-state index < -0.39 is 29.7 Å². The fourth-order valence-electron chi connectivity index (χ4n) is 2.97. The van der Waals surface area contributed by atoms with Crippen molar-refractivity contribution in [3.8, 4) is 12.3 Å². The number of Topliss-reactive ketones (excluding diaryl/α,β-unsaturated/α-hetero) is 2. The molecule has 1 heterocycles. The van der Waals surface area contributed by atoms with Gasteiger partial charge in [-0.05, 0) is 18.4 Å². The third kappa shape index (κ3) is 6.54. The molecule has 1 aliphatic heterocycles. The second-order valence-electron chi connectivity index (χ2n) is 6.65. The van der Waals surface area contributed by atoms with Crippen molar-refractivity contribution in [2.75, 3.05) is 6.54 Å². The highest BCUT2D eigenvalue weighted by molar-refractivity contribution is 6.37. The third-order valence-electron chi connectivity index (χ3n) is 4.52. The molecule has 0 aromatic heterocycles. The molecular formula is C21H24N2O5. The number of hydrogen-bond acceptors (Lipinski definition) is 5. The second kappa shape index (κ2) is 10.9. The van der Waals surface area contributed by atoms with Crippen molar-refractivity contribution in [1.82, 2.24) is 10.6 Å². The van der Waals surface area contributed by atoms with E-state index in [1.54, 1.807) is 0 Å². The van der Waals surface area contributed by atoms with Crippen molar-refractivity contribution in [3.05, 3.63) is 35.9 Å². The summed E-state index contributed by atoms with van der Waals surface area (Å²) in [5.41, 5.74) is 0.809. The fourth-order valence-corrected chi connectivity index (χ4v) is 2.97. The first kappa shape index (κ1) is 21.2. The zero-order valence-corrected chi connectivity index (χ0v) is 15.6. The Hall–Kier alpha value is -3.14. The highest BCUT2D eigenvalue weighted by Crippen LogP contribution is 2.18. The van der Waals surface area contributed by atoms with Gasteiger partial charge in [-0.25, -0.2) is 4.79 Å². The summed E-state index contributed by atoms with van der Waals surface area (Å²) in [4.78, 5) is 48.6. The molecule has 1 aromatic rings. The Morgan fingerprint density at radius 1 is 1.25 bits per heavy atom. The molecule has 2 atom stereocenters. The highest BCUT2D eigenvalue weighted by atomic mass is 16.5. The predicted molar refractivity (Wildman–Crippen MR) is 102 cm³/mol. The van der Waals surface area contributed by atoms with Gasteiger partial charge in [-0.2, -0.15) is 0 Å². The molecule has 1 aliphatic rings. The molecule has 2 rings (SSSR count). The summed E-state index contributed by atoms with van der Waals surface area (Å²) in [5.74, 6) is 0.00207. The third-order valence-corrected chi connectivity index (χ3v) is 4.52.